The van der Waals surface area contributed by atoms with Crippen LogP contribution in [0.4, 0.5) is 0 Å². The van der Waals surface area contributed by atoms with Gasteiger partial charge in [-0.1, -0.05) is 42.5 Å². The first-order chi connectivity index (χ1) is 11.7. The molecule has 2 aromatic rings. The molecule has 0 amide bonds. The molecule has 0 aliphatic carbocycles. The van der Waals surface area contributed by atoms with Crippen molar-refractivity contribution >= 4 is 0 Å². The topological polar surface area (TPSA) is 43.7 Å². The fourth-order valence-electron chi connectivity index (χ4n) is 3.59. The van der Waals surface area contributed by atoms with Gasteiger partial charge >= 0.3 is 0 Å². The van der Waals surface area contributed by atoms with Crippen molar-refractivity contribution in [3.05, 3.63) is 65.7 Å². The number of phenolic OH excluding ortho intramolecular Hbond substituents is 1. The number of nitrogens with zero attached hydrogens (tertiary/aromatic N) is 1. The molecule has 0 spiro atoms. The zero-order valence-electron chi connectivity index (χ0n) is 14.1. The van der Waals surface area contributed by atoms with Crippen molar-refractivity contribution in [1.82, 2.24) is 4.90 Å². The van der Waals surface area contributed by atoms with Gasteiger partial charge in [0.25, 0.3) is 0 Å². The molecule has 0 bridgehead atoms. The first kappa shape index (κ1) is 17.0. The summed E-state index contributed by atoms with van der Waals surface area (Å²) in [6.07, 6.45) is 3.89. The normalized spacial score (nSPS) is 17.7. The quantitative estimate of drug-likeness (QED) is 0.857. The van der Waals surface area contributed by atoms with Gasteiger partial charge < -0.3 is 15.1 Å². The molecule has 0 saturated carbocycles. The van der Waals surface area contributed by atoms with Crippen molar-refractivity contribution in [1.29, 1.82) is 0 Å². The van der Waals surface area contributed by atoms with Crippen molar-refractivity contribution in [2.24, 2.45) is 5.92 Å². The molecule has 128 valence electrons. The number of piperidine rings is 1. The van der Waals surface area contributed by atoms with Crippen LogP contribution in [-0.4, -0.2) is 40.9 Å². The molecule has 1 aliphatic rings. The van der Waals surface area contributed by atoms with Crippen molar-refractivity contribution in [3.63, 3.8) is 0 Å². The van der Waals surface area contributed by atoms with Crippen molar-refractivity contribution in [2.75, 3.05) is 19.6 Å². The summed E-state index contributed by atoms with van der Waals surface area (Å²) in [5.74, 6) is 1.03. The van der Waals surface area contributed by atoms with E-state index in [2.05, 4.69) is 35.2 Å². The van der Waals surface area contributed by atoms with Gasteiger partial charge in [-0.25, -0.2) is 0 Å². The van der Waals surface area contributed by atoms with Crippen molar-refractivity contribution in [2.45, 2.75) is 31.8 Å². The zero-order valence-corrected chi connectivity index (χ0v) is 14.1. The van der Waals surface area contributed by atoms with E-state index < -0.39 is 0 Å². The molecule has 3 heteroatoms. The summed E-state index contributed by atoms with van der Waals surface area (Å²) < 4.78 is 0. The maximum atomic E-state index is 10.3. The number of aromatic hydroxyl groups is 1. The Morgan fingerprint density at radius 3 is 2.25 bits per heavy atom. The highest BCUT2D eigenvalue weighted by molar-refractivity contribution is 5.26. The zero-order chi connectivity index (χ0) is 16.8. The van der Waals surface area contributed by atoms with Crippen LogP contribution >= 0.6 is 0 Å². The van der Waals surface area contributed by atoms with E-state index in [1.807, 2.05) is 12.1 Å². The molecule has 3 nitrogen and oxygen atoms in total. The third kappa shape index (κ3) is 5.08. The maximum absolute atomic E-state index is 10.3. The number of aliphatic hydroxyl groups is 1. The number of phenols is 1. The summed E-state index contributed by atoms with van der Waals surface area (Å²) in [6, 6.07) is 17.8. The minimum Gasteiger partial charge on any atom is -0.508 e. The Bertz CT molecular complexity index is 603. The largest absolute Gasteiger partial charge is 0.508 e. The predicted octanol–water partition coefficient (Wildman–Crippen LogP) is 3.25. The molecule has 1 unspecified atom stereocenters. The standard InChI is InChI=1S/C21H27NO2/c23-20-8-6-18(7-9-20)15-21(24)16-22-12-10-19(11-13-22)14-17-4-2-1-3-5-17/h1-9,19,21,23-24H,10-16H2. The van der Waals surface area contributed by atoms with Crippen LogP contribution in [0.3, 0.4) is 0 Å². The molecule has 2 N–H and O–H groups in total. The lowest BCUT2D eigenvalue weighted by atomic mass is 9.90. The van der Waals surface area contributed by atoms with Gasteiger partial charge in [-0.3, -0.25) is 0 Å². The van der Waals surface area contributed by atoms with Crippen LogP contribution in [0.25, 0.3) is 0 Å². The first-order valence-corrected chi connectivity index (χ1v) is 8.91. The molecule has 24 heavy (non-hydrogen) atoms. The lowest BCUT2D eigenvalue weighted by molar-refractivity contribution is 0.0894. The van der Waals surface area contributed by atoms with E-state index in [0.717, 1.165) is 31.1 Å². The van der Waals surface area contributed by atoms with E-state index in [1.165, 1.54) is 24.8 Å². The average Bonchev–Trinajstić information content (AvgIpc) is 2.60. The number of hydrogen-bond donors (Lipinski definition) is 2. The van der Waals surface area contributed by atoms with Gasteiger partial charge in [0, 0.05) is 6.54 Å². The smallest absolute Gasteiger partial charge is 0.115 e. The first-order valence-electron chi connectivity index (χ1n) is 8.91. The summed E-state index contributed by atoms with van der Waals surface area (Å²) in [5, 5.41) is 19.6. The second-order valence-electron chi connectivity index (χ2n) is 6.96. The molecule has 1 aliphatic heterocycles. The Morgan fingerprint density at radius 1 is 0.917 bits per heavy atom. The minimum absolute atomic E-state index is 0.272. The molecular formula is C21H27NO2. The number of hydrogen-bond acceptors (Lipinski definition) is 3. The van der Waals surface area contributed by atoms with Crippen molar-refractivity contribution < 1.29 is 10.2 Å². The summed E-state index contributed by atoms with van der Waals surface area (Å²) in [5.41, 5.74) is 2.50. The van der Waals surface area contributed by atoms with Crippen LogP contribution in [0.2, 0.25) is 0 Å². The fraction of sp³-hybridized carbons (Fsp3) is 0.429. The van der Waals surface area contributed by atoms with Gasteiger partial charge in [0.1, 0.15) is 5.75 Å². The van der Waals surface area contributed by atoms with Gasteiger partial charge in [-0.2, -0.15) is 0 Å². The highest BCUT2D eigenvalue weighted by atomic mass is 16.3. The van der Waals surface area contributed by atoms with E-state index in [0.29, 0.717) is 6.42 Å². The minimum atomic E-state index is -0.347. The molecule has 2 aromatic carbocycles. The Morgan fingerprint density at radius 2 is 1.58 bits per heavy atom. The van der Waals surface area contributed by atoms with Crippen LogP contribution in [0, 0.1) is 5.92 Å². The summed E-state index contributed by atoms with van der Waals surface area (Å²) in [6.45, 7) is 2.88. The molecule has 3 rings (SSSR count). The van der Waals surface area contributed by atoms with Crippen LogP contribution in [0.1, 0.15) is 24.0 Å². The average molecular weight is 325 g/mol. The molecule has 1 heterocycles. The van der Waals surface area contributed by atoms with E-state index >= 15 is 0 Å². The summed E-state index contributed by atoms with van der Waals surface area (Å²) in [7, 11) is 0. The summed E-state index contributed by atoms with van der Waals surface area (Å²) >= 11 is 0. The summed E-state index contributed by atoms with van der Waals surface area (Å²) in [4.78, 5) is 2.38. The van der Waals surface area contributed by atoms with Gasteiger partial charge in [-0.05, 0) is 68.0 Å². The van der Waals surface area contributed by atoms with Gasteiger partial charge in [0.05, 0.1) is 6.10 Å². The lowest BCUT2D eigenvalue weighted by Crippen LogP contribution is -2.39. The second-order valence-corrected chi connectivity index (χ2v) is 6.96. The van der Waals surface area contributed by atoms with Gasteiger partial charge in [-0.15, -0.1) is 0 Å². The Hall–Kier alpha value is -1.84. The van der Waals surface area contributed by atoms with Crippen LogP contribution in [0.5, 0.6) is 5.75 Å². The number of benzene rings is 2. The second kappa shape index (κ2) is 8.32. The highest BCUT2D eigenvalue weighted by Gasteiger charge is 2.21. The molecular weight excluding hydrogens is 298 g/mol. The van der Waals surface area contributed by atoms with Crippen LogP contribution < -0.4 is 0 Å². The number of β-amino-alcohol motifs (C(OH)–C–C–N with tert-alkyl or cyclic N) is 1. The van der Waals surface area contributed by atoms with Crippen LogP contribution in [-0.2, 0) is 12.8 Å². The van der Waals surface area contributed by atoms with Gasteiger partial charge in [0.2, 0.25) is 0 Å². The number of aliphatic hydroxyl groups excluding tert-OH is 1. The molecule has 1 atom stereocenters. The SMILES string of the molecule is Oc1ccc(CC(O)CN2CCC(Cc3ccccc3)CC2)cc1. The monoisotopic (exact) mass is 325 g/mol. The highest BCUT2D eigenvalue weighted by Crippen LogP contribution is 2.22. The predicted molar refractivity (Wildman–Crippen MR) is 97.1 cm³/mol. The Kier molecular flexibility index (Phi) is 5.89. The molecule has 1 saturated heterocycles. The third-order valence-corrected chi connectivity index (χ3v) is 4.95. The van der Waals surface area contributed by atoms with Crippen LogP contribution in [0.15, 0.2) is 54.6 Å². The number of rotatable bonds is 6. The Balaban J connectivity index is 1.41. The van der Waals surface area contributed by atoms with E-state index in [4.69, 9.17) is 0 Å². The fourth-order valence-corrected chi connectivity index (χ4v) is 3.59. The third-order valence-electron chi connectivity index (χ3n) is 4.95. The van der Waals surface area contributed by atoms with E-state index in [9.17, 15) is 10.2 Å². The molecule has 0 aromatic heterocycles. The Labute approximate surface area is 144 Å². The number of likely N-dealkylation sites (tertiary alicyclic amines) is 1. The molecule has 0 radical (unpaired) electrons. The maximum Gasteiger partial charge on any atom is 0.115 e. The van der Waals surface area contributed by atoms with E-state index in [-0.39, 0.29) is 11.9 Å². The lowest BCUT2D eigenvalue weighted by Gasteiger charge is -2.33. The van der Waals surface area contributed by atoms with Gasteiger partial charge in [0.15, 0.2) is 0 Å². The molecule has 1 fully saturated rings. The van der Waals surface area contributed by atoms with Crippen molar-refractivity contribution in [3.8, 4) is 5.75 Å². The van der Waals surface area contributed by atoms with E-state index in [1.54, 1.807) is 12.1 Å².